The third-order valence-corrected chi connectivity index (χ3v) is 3.23. The Morgan fingerprint density at radius 3 is 2.60 bits per heavy atom. The molecule has 0 saturated heterocycles. The molecule has 0 aliphatic carbocycles. The number of rotatable bonds is 7. The summed E-state index contributed by atoms with van der Waals surface area (Å²) >= 11 is 0. The van der Waals surface area contributed by atoms with Gasteiger partial charge in [0.05, 0.1) is 24.5 Å². The lowest BCUT2D eigenvalue weighted by Crippen LogP contribution is -2.44. The molecule has 1 heterocycles. The van der Waals surface area contributed by atoms with E-state index in [1.165, 1.54) is 6.92 Å². The smallest absolute Gasteiger partial charge is 0.238 e. The van der Waals surface area contributed by atoms with Crippen LogP contribution in [0.25, 0.3) is 0 Å². The first kappa shape index (κ1) is 16.6. The summed E-state index contributed by atoms with van der Waals surface area (Å²) in [6.07, 6.45) is 1.81. The Morgan fingerprint density at radius 1 is 1.40 bits per heavy atom. The number of sulfonamides is 1. The van der Waals surface area contributed by atoms with Gasteiger partial charge in [0.2, 0.25) is 15.9 Å². The van der Waals surface area contributed by atoms with Crippen molar-refractivity contribution in [3.63, 3.8) is 0 Å². The van der Waals surface area contributed by atoms with Gasteiger partial charge in [-0.1, -0.05) is 19.0 Å². The maximum Gasteiger partial charge on any atom is 0.238 e. The fraction of sp³-hybridized carbons (Fsp3) is 0.667. The molecule has 0 aliphatic heterocycles. The van der Waals surface area contributed by atoms with Crippen LogP contribution >= 0.6 is 0 Å². The minimum absolute atomic E-state index is 0.180. The summed E-state index contributed by atoms with van der Waals surface area (Å²) in [7, 11) is -3.41. The van der Waals surface area contributed by atoms with Gasteiger partial charge in [0.15, 0.2) is 5.76 Å². The lowest BCUT2D eigenvalue weighted by atomic mass is 10.1. The molecule has 0 fully saturated rings. The van der Waals surface area contributed by atoms with Crippen molar-refractivity contribution < 1.29 is 17.7 Å². The van der Waals surface area contributed by atoms with Crippen molar-refractivity contribution in [2.45, 2.75) is 39.8 Å². The zero-order valence-corrected chi connectivity index (χ0v) is 13.0. The molecule has 0 unspecified atom stereocenters. The number of nitrogens with zero attached hydrogens (tertiary/aromatic N) is 1. The number of carbonyl (C=O) groups is 1. The summed E-state index contributed by atoms with van der Waals surface area (Å²) in [5, 5.41) is 6.49. The number of carbonyl (C=O) groups excluding carboxylic acids is 1. The maximum atomic E-state index is 11.7. The fourth-order valence-corrected chi connectivity index (χ4v) is 2.40. The SMILES string of the molecule is CC(C)Cc1cc(CNC(=O)[C@H](C)NS(C)(=O)=O)on1. The van der Waals surface area contributed by atoms with E-state index >= 15 is 0 Å². The molecule has 114 valence electrons. The summed E-state index contributed by atoms with van der Waals surface area (Å²) in [5.41, 5.74) is 0.839. The van der Waals surface area contributed by atoms with E-state index in [0.29, 0.717) is 11.7 Å². The summed E-state index contributed by atoms with van der Waals surface area (Å²) in [6.45, 7) is 5.81. The van der Waals surface area contributed by atoms with Gasteiger partial charge in [0.25, 0.3) is 0 Å². The van der Waals surface area contributed by atoms with E-state index in [9.17, 15) is 13.2 Å². The highest BCUT2D eigenvalue weighted by molar-refractivity contribution is 7.88. The first-order chi connectivity index (χ1) is 9.17. The van der Waals surface area contributed by atoms with Gasteiger partial charge in [0.1, 0.15) is 0 Å². The molecule has 0 saturated carbocycles. The van der Waals surface area contributed by atoms with E-state index in [2.05, 4.69) is 29.0 Å². The highest BCUT2D eigenvalue weighted by Gasteiger charge is 2.17. The molecule has 8 heteroatoms. The van der Waals surface area contributed by atoms with Crippen LogP contribution in [0.2, 0.25) is 0 Å². The molecular formula is C12H21N3O4S. The predicted octanol–water partition coefficient (Wildman–Crippen LogP) is 0.427. The molecule has 2 N–H and O–H groups in total. The van der Waals surface area contributed by atoms with Gasteiger partial charge in [-0.2, -0.15) is 0 Å². The van der Waals surface area contributed by atoms with E-state index in [-0.39, 0.29) is 6.54 Å². The Bertz CT molecular complexity index is 551. The average Bonchev–Trinajstić information content (AvgIpc) is 2.70. The highest BCUT2D eigenvalue weighted by Crippen LogP contribution is 2.08. The van der Waals surface area contributed by atoms with Crippen LogP contribution in [0.1, 0.15) is 32.2 Å². The van der Waals surface area contributed by atoms with Crippen LogP contribution in [0.15, 0.2) is 10.6 Å². The first-order valence-electron chi connectivity index (χ1n) is 6.37. The van der Waals surface area contributed by atoms with Gasteiger partial charge in [0, 0.05) is 6.07 Å². The third kappa shape index (κ3) is 6.16. The Balaban J connectivity index is 2.46. The molecular weight excluding hydrogens is 282 g/mol. The molecule has 1 amide bonds. The summed E-state index contributed by atoms with van der Waals surface area (Å²) in [4.78, 5) is 11.7. The Hall–Kier alpha value is -1.41. The van der Waals surface area contributed by atoms with E-state index < -0.39 is 22.0 Å². The van der Waals surface area contributed by atoms with E-state index in [4.69, 9.17) is 4.52 Å². The third-order valence-electron chi connectivity index (χ3n) is 2.45. The monoisotopic (exact) mass is 303 g/mol. The van der Waals surface area contributed by atoms with Crippen molar-refractivity contribution in [1.82, 2.24) is 15.2 Å². The quantitative estimate of drug-likeness (QED) is 0.760. The number of amides is 1. The van der Waals surface area contributed by atoms with E-state index in [1.54, 1.807) is 6.07 Å². The standard InChI is InChI=1S/C12H21N3O4S/c1-8(2)5-10-6-11(19-14-10)7-13-12(16)9(3)15-20(4,17)18/h6,8-9,15H,5,7H2,1-4H3,(H,13,16)/t9-/m0/s1. The van der Waals surface area contributed by atoms with Gasteiger partial charge in [-0.25, -0.2) is 13.1 Å². The minimum atomic E-state index is -3.41. The van der Waals surface area contributed by atoms with Gasteiger partial charge in [-0.3, -0.25) is 4.79 Å². The van der Waals surface area contributed by atoms with Gasteiger partial charge >= 0.3 is 0 Å². The average molecular weight is 303 g/mol. The second kappa shape index (κ2) is 6.85. The number of nitrogens with one attached hydrogen (secondary N) is 2. The largest absolute Gasteiger partial charge is 0.359 e. The van der Waals surface area contributed by atoms with Crippen molar-refractivity contribution in [2.75, 3.05) is 6.26 Å². The maximum absolute atomic E-state index is 11.7. The number of hydrogen-bond donors (Lipinski definition) is 2. The van der Waals surface area contributed by atoms with Gasteiger partial charge in [-0.05, 0) is 19.3 Å². The van der Waals surface area contributed by atoms with Crippen LogP contribution in [0.3, 0.4) is 0 Å². The second-order valence-corrected chi connectivity index (χ2v) is 6.99. The second-order valence-electron chi connectivity index (χ2n) is 5.21. The molecule has 1 aromatic rings. The molecule has 0 aromatic carbocycles. The summed E-state index contributed by atoms with van der Waals surface area (Å²) in [6, 6.07) is 0.956. The van der Waals surface area contributed by atoms with Crippen molar-refractivity contribution >= 4 is 15.9 Å². The van der Waals surface area contributed by atoms with Crippen molar-refractivity contribution in [1.29, 1.82) is 0 Å². The number of aromatic nitrogens is 1. The van der Waals surface area contributed by atoms with Crippen LogP contribution in [0, 0.1) is 5.92 Å². The lowest BCUT2D eigenvalue weighted by Gasteiger charge is -2.11. The van der Waals surface area contributed by atoms with Crippen molar-refractivity contribution in [3.8, 4) is 0 Å². The zero-order chi connectivity index (χ0) is 15.3. The molecule has 0 aliphatic rings. The molecule has 0 bridgehead atoms. The van der Waals surface area contributed by atoms with Crippen LogP contribution in [0.5, 0.6) is 0 Å². The Labute approximate surface area is 119 Å². The summed E-state index contributed by atoms with van der Waals surface area (Å²) < 4.78 is 29.3. The van der Waals surface area contributed by atoms with Gasteiger partial charge in [-0.15, -0.1) is 0 Å². The Kier molecular flexibility index (Phi) is 5.70. The molecule has 20 heavy (non-hydrogen) atoms. The zero-order valence-electron chi connectivity index (χ0n) is 12.1. The van der Waals surface area contributed by atoms with Crippen LogP contribution < -0.4 is 10.0 Å². The van der Waals surface area contributed by atoms with E-state index in [1.807, 2.05) is 0 Å². The van der Waals surface area contributed by atoms with Crippen LogP contribution in [0.4, 0.5) is 0 Å². The molecule has 1 atom stereocenters. The summed E-state index contributed by atoms with van der Waals surface area (Å²) in [5.74, 6) is 0.597. The molecule has 7 nitrogen and oxygen atoms in total. The van der Waals surface area contributed by atoms with Crippen molar-refractivity contribution in [3.05, 3.63) is 17.5 Å². The molecule has 1 aromatic heterocycles. The number of hydrogen-bond acceptors (Lipinski definition) is 5. The molecule has 0 spiro atoms. The highest BCUT2D eigenvalue weighted by atomic mass is 32.2. The van der Waals surface area contributed by atoms with Crippen molar-refractivity contribution in [2.24, 2.45) is 5.92 Å². The minimum Gasteiger partial charge on any atom is -0.359 e. The Morgan fingerprint density at radius 2 is 2.05 bits per heavy atom. The van der Waals surface area contributed by atoms with Crippen LogP contribution in [-0.2, 0) is 27.8 Å². The lowest BCUT2D eigenvalue weighted by molar-refractivity contribution is -0.122. The molecule has 1 rings (SSSR count). The van der Waals surface area contributed by atoms with E-state index in [0.717, 1.165) is 18.4 Å². The van der Waals surface area contributed by atoms with Crippen LogP contribution in [-0.4, -0.2) is 31.8 Å². The molecule has 0 radical (unpaired) electrons. The normalized spacial score (nSPS) is 13.4. The topological polar surface area (TPSA) is 101 Å². The predicted molar refractivity (Wildman–Crippen MR) is 74.3 cm³/mol. The first-order valence-corrected chi connectivity index (χ1v) is 8.26. The van der Waals surface area contributed by atoms with Gasteiger partial charge < -0.3 is 9.84 Å². The fourth-order valence-electron chi connectivity index (χ4n) is 1.66.